The maximum absolute atomic E-state index is 12.0. The number of hydrogen-bond donors (Lipinski definition) is 2. The lowest BCUT2D eigenvalue weighted by molar-refractivity contribution is -0.142. The summed E-state index contributed by atoms with van der Waals surface area (Å²) in [6.45, 7) is 2.88. The Morgan fingerprint density at radius 2 is 1.92 bits per heavy atom. The van der Waals surface area contributed by atoms with Gasteiger partial charge in [0, 0.05) is 12.5 Å². The average molecular weight is 335 g/mol. The first-order valence-corrected chi connectivity index (χ1v) is 8.48. The highest BCUT2D eigenvalue weighted by Gasteiger charge is 2.33. The first-order valence-electron chi connectivity index (χ1n) is 8.48. The van der Waals surface area contributed by atoms with Crippen LogP contribution in [0.25, 0.3) is 0 Å². The van der Waals surface area contributed by atoms with Crippen molar-refractivity contribution in [1.82, 2.24) is 5.32 Å². The van der Waals surface area contributed by atoms with Crippen LogP contribution in [0, 0.1) is 5.92 Å². The molecular formula is C18H25NO5. The zero-order chi connectivity index (χ0) is 17.4. The largest absolute Gasteiger partial charge is 0.490 e. The fraction of sp³-hybridized carbons (Fsp3) is 0.556. The second-order valence-corrected chi connectivity index (χ2v) is 5.88. The molecule has 1 aromatic rings. The highest BCUT2D eigenvalue weighted by molar-refractivity contribution is 5.78. The predicted octanol–water partition coefficient (Wildman–Crippen LogP) is 2.61. The summed E-state index contributed by atoms with van der Waals surface area (Å²) >= 11 is 0. The molecule has 1 amide bonds. The SMILES string of the molecule is CCOc1ccccc1OCCCC(=O)N[C@@H]1CCC[C@@H]1C(=O)O. The topological polar surface area (TPSA) is 84.9 Å². The number of amides is 1. The minimum absolute atomic E-state index is 0.116. The van der Waals surface area contributed by atoms with Crippen molar-refractivity contribution < 1.29 is 24.2 Å². The Morgan fingerprint density at radius 1 is 1.21 bits per heavy atom. The van der Waals surface area contributed by atoms with Crippen molar-refractivity contribution in [3.63, 3.8) is 0 Å². The highest BCUT2D eigenvalue weighted by Crippen LogP contribution is 2.27. The van der Waals surface area contributed by atoms with Gasteiger partial charge in [0.05, 0.1) is 19.1 Å². The predicted molar refractivity (Wildman–Crippen MR) is 89.2 cm³/mol. The van der Waals surface area contributed by atoms with Crippen LogP contribution in [0.1, 0.15) is 39.0 Å². The van der Waals surface area contributed by atoms with E-state index in [0.717, 1.165) is 12.8 Å². The summed E-state index contributed by atoms with van der Waals surface area (Å²) in [5.74, 6) is -0.0343. The van der Waals surface area contributed by atoms with E-state index >= 15 is 0 Å². The number of carbonyl (C=O) groups excluding carboxylic acids is 1. The van der Waals surface area contributed by atoms with E-state index in [9.17, 15) is 9.59 Å². The first-order chi connectivity index (χ1) is 11.6. The Bertz CT molecular complexity index is 560. The van der Waals surface area contributed by atoms with Crippen LogP contribution in [0.15, 0.2) is 24.3 Å². The fourth-order valence-electron chi connectivity index (χ4n) is 2.97. The van der Waals surface area contributed by atoms with Gasteiger partial charge in [-0.25, -0.2) is 0 Å². The average Bonchev–Trinajstić information content (AvgIpc) is 3.01. The number of carboxylic acids is 1. The summed E-state index contributed by atoms with van der Waals surface area (Å²) in [6.07, 6.45) is 3.11. The lowest BCUT2D eigenvalue weighted by Crippen LogP contribution is -2.40. The number of rotatable bonds is 9. The quantitative estimate of drug-likeness (QED) is 0.678. The van der Waals surface area contributed by atoms with E-state index in [-0.39, 0.29) is 11.9 Å². The Kier molecular flexibility index (Phi) is 6.90. The van der Waals surface area contributed by atoms with Crippen LogP contribution in [0.3, 0.4) is 0 Å². The molecule has 132 valence electrons. The van der Waals surface area contributed by atoms with Gasteiger partial charge in [0.1, 0.15) is 0 Å². The van der Waals surface area contributed by atoms with Gasteiger partial charge in [-0.3, -0.25) is 9.59 Å². The van der Waals surface area contributed by atoms with Crippen molar-refractivity contribution in [2.45, 2.75) is 45.1 Å². The minimum atomic E-state index is -0.825. The third kappa shape index (κ3) is 5.15. The lowest BCUT2D eigenvalue weighted by Gasteiger charge is -2.17. The van der Waals surface area contributed by atoms with E-state index in [0.29, 0.717) is 44.0 Å². The third-order valence-electron chi connectivity index (χ3n) is 4.13. The monoisotopic (exact) mass is 335 g/mol. The molecule has 24 heavy (non-hydrogen) atoms. The van der Waals surface area contributed by atoms with Gasteiger partial charge in [0.15, 0.2) is 11.5 Å². The van der Waals surface area contributed by atoms with Crippen molar-refractivity contribution in [3.8, 4) is 11.5 Å². The molecular weight excluding hydrogens is 310 g/mol. The summed E-state index contributed by atoms with van der Waals surface area (Å²) in [6, 6.07) is 7.19. The van der Waals surface area contributed by atoms with Gasteiger partial charge < -0.3 is 19.9 Å². The van der Waals surface area contributed by atoms with Gasteiger partial charge >= 0.3 is 5.97 Å². The zero-order valence-electron chi connectivity index (χ0n) is 14.0. The van der Waals surface area contributed by atoms with Crippen LogP contribution in [-0.4, -0.2) is 36.2 Å². The van der Waals surface area contributed by atoms with Crippen LogP contribution < -0.4 is 14.8 Å². The molecule has 2 atom stereocenters. The van der Waals surface area contributed by atoms with Gasteiger partial charge in [0.2, 0.25) is 5.91 Å². The van der Waals surface area contributed by atoms with E-state index in [1.165, 1.54) is 0 Å². The molecule has 2 rings (SSSR count). The van der Waals surface area contributed by atoms with Gasteiger partial charge in [-0.05, 0) is 38.3 Å². The van der Waals surface area contributed by atoms with Gasteiger partial charge in [-0.15, -0.1) is 0 Å². The molecule has 1 saturated carbocycles. The summed E-state index contributed by atoms with van der Waals surface area (Å²) in [4.78, 5) is 23.1. The standard InChI is InChI=1S/C18H25NO5/c1-2-23-15-9-3-4-10-16(15)24-12-6-11-17(20)19-14-8-5-7-13(14)18(21)22/h3-4,9-10,13-14H,2,5-8,11-12H2,1H3,(H,19,20)(H,21,22)/t13-,14+/m0/s1. The van der Waals surface area contributed by atoms with Crippen molar-refractivity contribution in [2.75, 3.05) is 13.2 Å². The van der Waals surface area contributed by atoms with Crippen LogP contribution in [0.5, 0.6) is 11.5 Å². The number of carbonyl (C=O) groups is 2. The van der Waals surface area contributed by atoms with Gasteiger partial charge in [-0.2, -0.15) is 0 Å². The second-order valence-electron chi connectivity index (χ2n) is 5.88. The van der Waals surface area contributed by atoms with Crippen LogP contribution in [0.4, 0.5) is 0 Å². The zero-order valence-corrected chi connectivity index (χ0v) is 14.0. The summed E-state index contributed by atoms with van der Waals surface area (Å²) in [7, 11) is 0. The van der Waals surface area contributed by atoms with E-state index < -0.39 is 11.9 Å². The molecule has 0 spiro atoms. The van der Waals surface area contributed by atoms with E-state index in [2.05, 4.69) is 5.32 Å². The molecule has 6 nitrogen and oxygen atoms in total. The molecule has 6 heteroatoms. The summed E-state index contributed by atoms with van der Waals surface area (Å²) < 4.78 is 11.1. The Balaban J connectivity index is 1.71. The lowest BCUT2D eigenvalue weighted by atomic mass is 10.0. The molecule has 0 bridgehead atoms. The molecule has 0 unspecified atom stereocenters. The van der Waals surface area contributed by atoms with E-state index in [1.54, 1.807) is 0 Å². The van der Waals surface area contributed by atoms with E-state index in [1.807, 2.05) is 31.2 Å². The first kappa shape index (κ1) is 18.1. The smallest absolute Gasteiger partial charge is 0.308 e. The Hall–Kier alpha value is -2.24. The molecule has 1 fully saturated rings. The molecule has 1 aliphatic carbocycles. The van der Waals surface area contributed by atoms with Crippen LogP contribution >= 0.6 is 0 Å². The van der Waals surface area contributed by atoms with E-state index in [4.69, 9.17) is 14.6 Å². The molecule has 0 radical (unpaired) electrons. The highest BCUT2D eigenvalue weighted by atomic mass is 16.5. The Morgan fingerprint density at radius 3 is 2.58 bits per heavy atom. The number of para-hydroxylation sites is 2. The molecule has 1 aromatic carbocycles. The molecule has 0 aromatic heterocycles. The maximum atomic E-state index is 12.0. The van der Waals surface area contributed by atoms with Crippen molar-refractivity contribution >= 4 is 11.9 Å². The van der Waals surface area contributed by atoms with Crippen molar-refractivity contribution in [2.24, 2.45) is 5.92 Å². The summed E-state index contributed by atoms with van der Waals surface area (Å²) in [5, 5.41) is 12.0. The normalized spacial score (nSPS) is 19.7. The van der Waals surface area contributed by atoms with Crippen LogP contribution in [-0.2, 0) is 9.59 Å². The number of hydrogen-bond acceptors (Lipinski definition) is 4. The number of nitrogens with one attached hydrogen (secondary N) is 1. The van der Waals surface area contributed by atoms with Crippen LogP contribution in [0.2, 0.25) is 0 Å². The Labute approximate surface area is 142 Å². The molecule has 0 saturated heterocycles. The number of ether oxygens (including phenoxy) is 2. The molecule has 0 heterocycles. The minimum Gasteiger partial charge on any atom is -0.490 e. The van der Waals surface area contributed by atoms with Crippen molar-refractivity contribution in [1.29, 1.82) is 0 Å². The summed E-state index contributed by atoms with van der Waals surface area (Å²) in [5.41, 5.74) is 0. The molecule has 2 N–H and O–H groups in total. The second kappa shape index (κ2) is 9.15. The molecule has 0 aliphatic heterocycles. The van der Waals surface area contributed by atoms with Crippen molar-refractivity contribution in [3.05, 3.63) is 24.3 Å². The maximum Gasteiger partial charge on any atom is 0.308 e. The third-order valence-corrected chi connectivity index (χ3v) is 4.13. The number of carboxylic acid groups (broad SMARTS) is 1. The fourth-order valence-corrected chi connectivity index (χ4v) is 2.97. The van der Waals surface area contributed by atoms with Gasteiger partial charge in [-0.1, -0.05) is 18.6 Å². The van der Waals surface area contributed by atoms with Gasteiger partial charge in [0.25, 0.3) is 0 Å². The molecule has 1 aliphatic rings. The number of benzene rings is 1. The number of aliphatic carboxylic acids is 1.